The fourth-order valence-electron chi connectivity index (χ4n) is 1.48. The first kappa shape index (κ1) is 8.08. The molecular formula is C8H10N4O. The molecule has 68 valence electrons. The number of nitriles is 1. The van der Waals surface area contributed by atoms with Gasteiger partial charge in [0.2, 0.25) is 0 Å². The van der Waals surface area contributed by atoms with Crippen LogP contribution in [0.25, 0.3) is 0 Å². The van der Waals surface area contributed by atoms with Crippen LogP contribution in [0.5, 0.6) is 0 Å². The maximum Gasteiger partial charge on any atom is 0.130 e. The van der Waals surface area contributed by atoms with E-state index in [4.69, 9.17) is 5.26 Å². The summed E-state index contributed by atoms with van der Waals surface area (Å²) in [6, 6.07) is 1.93. The number of anilines is 1. The highest BCUT2D eigenvalue weighted by Crippen LogP contribution is 2.26. The molecule has 0 spiro atoms. The van der Waals surface area contributed by atoms with Crippen molar-refractivity contribution < 1.29 is 5.11 Å². The number of fused-ring (bicyclic) bond motifs is 1. The summed E-state index contributed by atoms with van der Waals surface area (Å²) >= 11 is 0. The van der Waals surface area contributed by atoms with Crippen molar-refractivity contribution in [2.45, 2.75) is 19.1 Å². The minimum absolute atomic E-state index is 0.111. The lowest BCUT2D eigenvalue weighted by atomic mass is 10.1. The van der Waals surface area contributed by atoms with Gasteiger partial charge in [-0.2, -0.15) is 10.4 Å². The minimum atomic E-state index is -0.723. The van der Waals surface area contributed by atoms with Gasteiger partial charge in [-0.3, -0.25) is 0 Å². The maximum atomic E-state index is 9.56. The van der Waals surface area contributed by atoms with Gasteiger partial charge in [0.15, 0.2) is 0 Å². The first-order valence-corrected chi connectivity index (χ1v) is 4.17. The van der Waals surface area contributed by atoms with E-state index in [1.807, 2.05) is 6.07 Å². The van der Waals surface area contributed by atoms with E-state index < -0.39 is 6.10 Å². The topological polar surface area (TPSA) is 73.9 Å². The van der Waals surface area contributed by atoms with Crippen molar-refractivity contribution in [3.05, 3.63) is 11.8 Å². The van der Waals surface area contributed by atoms with Gasteiger partial charge in [0.05, 0.1) is 31.3 Å². The summed E-state index contributed by atoms with van der Waals surface area (Å²) in [6.45, 7) is 1.67. The Morgan fingerprint density at radius 2 is 2.69 bits per heavy atom. The van der Waals surface area contributed by atoms with E-state index in [0.29, 0.717) is 0 Å². The summed E-state index contributed by atoms with van der Waals surface area (Å²) in [6.07, 6.45) is 1.00. The van der Waals surface area contributed by atoms with Crippen molar-refractivity contribution >= 4 is 5.82 Å². The quantitative estimate of drug-likeness (QED) is 0.681. The Bertz CT molecular complexity index is 352. The van der Waals surface area contributed by atoms with E-state index in [2.05, 4.69) is 10.4 Å². The van der Waals surface area contributed by atoms with E-state index in [1.54, 1.807) is 10.9 Å². The summed E-state index contributed by atoms with van der Waals surface area (Å²) in [7, 11) is 0. The summed E-state index contributed by atoms with van der Waals surface area (Å²) in [4.78, 5) is 0. The second-order valence-corrected chi connectivity index (χ2v) is 2.98. The number of aliphatic hydroxyl groups is 1. The summed E-state index contributed by atoms with van der Waals surface area (Å²) in [5, 5.41) is 25.2. The normalized spacial score (nSPS) is 16.0. The maximum absolute atomic E-state index is 9.56. The molecule has 0 bridgehead atoms. The average Bonchev–Trinajstić information content (AvgIpc) is 2.62. The molecule has 1 atom stereocenters. The number of hydrogen-bond donors (Lipinski definition) is 2. The van der Waals surface area contributed by atoms with Gasteiger partial charge in [-0.05, 0) is 0 Å². The van der Waals surface area contributed by atoms with Crippen molar-refractivity contribution in [3.8, 4) is 6.07 Å². The average molecular weight is 178 g/mol. The van der Waals surface area contributed by atoms with Crippen LogP contribution < -0.4 is 5.32 Å². The molecule has 0 saturated heterocycles. The Morgan fingerprint density at radius 3 is 3.46 bits per heavy atom. The molecule has 2 N–H and O–H groups in total. The van der Waals surface area contributed by atoms with Gasteiger partial charge >= 0.3 is 0 Å². The van der Waals surface area contributed by atoms with Crippen LogP contribution in [0.15, 0.2) is 6.20 Å². The number of nitrogens with one attached hydrogen (secondary N) is 1. The molecule has 13 heavy (non-hydrogen) atoms. The van der Waals surface area contributed by atoms with E-state index >= 15 is 0 Å². The molecule has 0 fully saturated rings. The molecule has 5 heteroatoms. The van der Waals surface area contributed by atoms with Crippen molar-refractivity contribution in [2.75, 3.05) is 11.9 Å². The number of aliphatic hydroxyl groups excluding tert-OH is 1. The molecule has 0 aliphatic carbocycles. The van der Waals surface area contributed by atoms with Crippen LogP contribution in [0.2, 0.25) is 0 Å². The molecule has 1 aliphatic heterocycles. The zero-order chi connectivity index (χ0) is 9.26. The molecule has 0 saturated carbocycles. The van der Waals surface area contributed by atoms with Gasteiger partial charge in [0.25, 0.3) is 0 Å². The van der Waals surface area contributed by atoms with Crippen LogP contribution in [0, 0.1) is 11.3 Å². The van der Waals surface area contributed by atoms with Gasteiger partial charge in [-0.25, -0.2) is 4.68 Å². The minimum Gasteiger partial charge on any atom is -0.387 e. The lowest BCUT2D eigenvalue weighted by molar-refractivity contribution is 0.184. The molecule has 1 aromatic rings. The smallest absolute Gasteiger partial charge is 0.130 e. The third kappa shape index (κ3) is 1.25. The highest BCUT2D eigenvalue weighted by atomic mass is 16.3. The Hall–Kier alpha value is -1.54. The van der Waals surface area contributed by atoms with Crippen molar-refractivity contribution in [2.24, 2.45) is 0 Å². The third-order valence-electron chi connectivity index (χ3n) is 2.13. The van der Waals surface area contributed by atoms with Gasteiger partial charge in [0, 0.05) is 12.1 Å². The summed E-state index contributed by atoms with van der Waals surface area (Å²) in [5.74, 6) is 0.850. The highest BCUT2D eigenvalue weighted by Gasteiger charge is 2.20. The standard InChI is InChI=1S/C8H10N4O/c9-2-1-7(13)6-5-11-12-4-3-10-8(6)12/h5,7,10,13H,1,3-4H2. The Balaban J connectivity index is 2.26. The highest BCUT2D eigenvalue weighted by molar-refractivity contribution is 5.47. The molecule has 2 heterocycles. The monoisotopic (exact) mass is 178 g/mol. The summed E-state index contributed by atoms with van der Waals surface area (Å²) < 4.78 is 1.80. The largest absolute Gasteiger partial charge is 0.387 e. The van der Waals surface area contributed by atoms with E-state index in [0.717, 1.165) is 24.5 Å². The zero-order valence-electron chi connectivity index (χ0n) is 7.06. The molecule has 0 amide bonds. The Labute approximate surface area is 75.6 Å². The predicted molar refractivity (Wildman–Crippen MR) is 45.9 cm³/mol. The molecule has 5 nitrogen and oxygen atoms in total. The first-order chi connectivity index (χ1) is 6.33. The number of hydrogen-bond acceptors (Lipinski definition) is 4. The lowest BCUT2D eigenvalue weighted by Gasteiger charge is -2.05. The second kappa shape index (κ2) is 3.07. The van der Waals surface area contributed by atoms with E-state index in [-0.39, 0.29) is 6.42 Å². The van der Waals surface area contributed by atoms with Crippen molar-refractivity contribution in [1.29, 1.82) is 5.26 Å². The molecule has 1 unspecified atom stereocenters. The molecule has 2 rings (SSSR count). The first-order valence-electron chi connectivity index (χ1n) is 4.17. The third-order valence-corrected chi connectivity index (χ3v) is 2.13. The predicted octanol–water partition coefficient (Wildman–Crippen LogP) is 0.256. The summed E-state index contributed by atoms with van der Waals surface area (Å²) in [5.41, 5.74) is 0.721. The van der Waals surface area contributed by atoms with Crippen LogP contribution in [0.1, 0.15) is 18.1 Å². The fraction of sp³-hybridized carbons (Fsp3) is 0.500. The van der Waals surface area contributed by atoms with Gasteiger partial charge in [-0.15, -0.1) is 0 Å². The lowest BCUT2D eigenvalue weighted by Crippen LogP contribution is -2.00. The van der Waals surface area contributed by atoms with E-state index in [9.17, 15) is 5.11 Å². The molecule has 0 radical (unpaired) electrons. The zero-order valence-corrected chi connectivity index (χ0v) is 7.06. The van der Waals surface area contributed by atoms with Crippen LogP contribution >= 0.6 is 0 Å². The van der Waals surface area contributed by atoms with Crippen LogP contribution in [0.4, 0.5) is 5.82 Å². The fourth-order valence-corrected chi connectivity index (χ4v) is 1.48. The van der Waals surface area contributed by atoms with Crippen molar-refractivity contribution in [1.82, 2.24) is 9.78 Å². The van der Waals surface area contributed by atoms with Gasteiger partial charge in [0.1, 0.15) is 5.82 Å². The van der Waals surface area contributed by atoms with Crippen molar-refractivity contribution in [3.63, 3.8) is 0 Å². The molecule has 1 aliphatic rings. The van der Waals surface area contributed by atoms with Crippen LogP contribution in [-0.2, 0) is 6.54 Å². The number of nitrogens with zero attached hydrogens (tertiary/aromatic N) is 3. The Kier molecular flexibility index (Phi) is 1.91. The van der Waals surface area contributed by atoms with Crippen LogP contribution in [-0.4, -0.2) is 21.4 Å². The van der Waals surface area contributed by atoms with E-state index in [1.165, 1.54) is 0 Å². The Morgan fingerprint density at radius 1 is 1.85 bits per heavy atom. The molecule has 0 aromatic carbocycles. The SMILES string of the molecule is N#CCC(O)c1cnn2c1NCC2. The number of rotatable bonds is 2. The van der Waals surface area contributed by atoms with Crippen LogP contribution in [0.3, 0.4) is 0 Å². The molecular weight excluding hydrogens is 168 g/mol. The molecule has 1 aromatic heterocycles. The number of aromatic nitrogens is 2. The van der Waals surface area contributed by atoms with Gasteiger partial charge < -0.3 is 10.4 Å². The van der Waals surface area contributed by atoms with Gasteiger partial charge in [-0.1, -0.05) is 0 Å². The second-order valence-electron chi connectivity index (χ2n) is 2.98.